The normalized spacial score (nSPS) is 20.0. The fraction of sp³-hybridized carbons (Fsp3) is 1.00. The zero-order chi connectivity index (χ0) is 10.8. The van der Waals surface area contributed by atoms with E-state index in [1.165, 1.54) is 12.8 Å². The van der Waals surface area contributed by atoms with E-state index in [9.17, 15) is 8.42 Å². The van der Waals surface area contributed by atoms with E-state index in [1.807, 2.05) is 0 Å². The fourth-order valence-electron chi connectivity index (χ4n) is 1.43. The molecule has 1 atom stereocenters. The maximum Gasteiger partial charge on any atom is 0.264 e. The number of hydrogen-bond donors (Lipinski definition) is 0. The Hall–Kier alpha value is -0.130. The van der Waals surface area contributed by atoms with Crippen LogP contribution in [-0.4, -0.2) is 45.3 Å². The fourth-order valence-corrected chi connectivity index (χ4v) is 2.12. The molecule has 0 aliphatic heterocycles. The SMILES string of the molecule is CC(CCN(C)C1CC1)OS(C)(=O)=O. The summed E-state index contributed by atoms with van der Waals surface area (Å²) in [5.41, 5.74) is 0. The molecule has 0 aromatic carbocycles. The molecule has 5 heteroatoms. The Kier molecular flexibility index (Phi) is 3.92. The van der Waals surface area contributed by atoms with Gasteiger partial charge in [0.15, 0.2) is 0 Å². The monoisotopic (exact) mass is 221 g/mol. The molecule has 1 rings (SSSR count). The molecule has 0 aromatic rings. The molecule has 0 spiro atoms. The molecule has 1 fully saturated rings. The molecule has 1 saturated carbocycles. The molecule has 0 N–H and O–H groups in total. The summed E-state index contributed by atoms with van der Waals surface area (Å²) in [6.07, 6.45) is 4.19. The van der Waals surface area contributed by atoms with E-state index in [2.05, 4.69) is 11.9 Å². The van der Waals surface area contributed by atoms with Crippen LogP contribution in [0.3, 0.4) is 0 Å². The minimum absolute atomic E-state index is 0.216. The van der Waals surface area contributed by atoms with Crippen molar-refractivity contribution in [1.82, 2.24) is 4.90 Å². The maximum absolute atomic E-state index is 10.8. The summed E-state index contributed by atoms with van der Waals surface area (Å²) in [5, 5.41) is 0. The number of hydrogen-bond acceptors (Lipinski definition) is 4. The van der Waals surface area contributed by atoms with Crippen LogP contribution in [0.1, 0.15) is 26.2 Å². The molecule has 0 amide bonds. The van der Waals surface area contributed by atoms with Crippen LogP contribution in [0.15, 0.2) is 0 Å². The molecule has 1 aliphatic carbocycles. The van der Waals surface area contributed by atoms with Crippen LogP contribution in [-0.2, 0) is 14.3 Å². The smallest absolute Gasteiger partial charge is 0.264 e. The van der Waals surface area contributed by atoms with Gasteiger partial charge in [-0.1, -0.05) is 0 Å². The van der Waals surface area contributed by atoms with E-state index in [4.69, 9.17) is 4.18 Å². The highest BCUT2D eigenvalue weighted by molar-refractivity contribution is 7.86. The minimum atomic E-state index is -3.29. The lowest BCUT2D eigenvalue weighted by Crippen LogP contribution is -2.26. The van der Waals surface area contributed by atoms with E-state index in [0.717, 1.165) is 25.3 Å². The van der Waals surface area contributed by atoms with Gasteiger partial charge in [-0.2, -0.15) is 8.42 Å². The standard InChI is InChI=1S/C9H19NO3S/c1-8(13-14(3,11)12)6-7-10(2)9-4-5-9/h8-9H,4-7H2,1-3H3. The van der Waals surface area contributed by atoms with Crippen LogP contribution < -0.4 is 0 Å². The summed E-state index contributed by atoms with van der Waals surface area (Å²) in [5.74, 6) is 0. The highest BCUT2D eigenvalue weighted by atomic mass is 32.2. The summed E-state index contributed by atoms with van der Waals surface area (Å²) in [6, 6.07) is 0.723. The second-order valence-corrected chi connectivity index (χ2v) is 5.71. The molecular formula is C9H19NO3S. The Morgan fingerprint density at radius 2 is 2.07 bits per heavy atom. The Morgan fingerprint density at radius 3 is 2.50 bits per heavy atom. The Morgan fingerprint density at radius 1 is 1.50 bits per heavy atom. The minimum Gasteiger partial charge on any atom is -0.303 e. The van der Waals surface area contributed by atoms with Crippen LogP contribution in [0.5, 0.6) is 0 Å². The van der Waals surface area contributed by atoms with Gasteiger partial charge in [-0.15, -0.1) is 0 Å². The van der Waals surface area contributed by atoms with Crippen molar-refractivity contribution in [3.05, 3.63) is 0 Å². The topological polar surface area (TPSA) is 46.6 Å². The van der Waals surface area contributed by atoms with E-state index < -0.39 is 10.1 Å². The van der Waals surface area contributed by atoms with E-state index in [-0.39, 0.29) is 6.10 Å². The average Bonchev–Trinajstić information content (AvgIpc) is 2.78. The van der Waals surface area contributed by atoms with Crippen LogP contribution in [0, 0.1) is 0 Å². The summed E-state index contributed by atoms with van der Waals surface area (Å²) >= 11 is 0. The zero-order valence-electron chi connectivity index (χ0n) is 9.06. The summed E-state index contributed by atoms with van der Waals surface area (Å²) < 4.78 is 26.4. The van der Waals surface area contributed by atoms with Crippen molar-refractivity contribution in [1.29, 1.82) is 0 Å². The van der Waals surface area contributed by atoms with Crippen LogP contribution in [0.2, 0.25) is 0 Å². The van der Waals surface area contributed by atoms with Gasteiger partial charge in [0.2, 0.25) is 0 Å². The van der Waals surface area contributed by atoms with Crippen molar-refractivity contribution in [2.24, 2.45) is 0 Å². The van der Waals surface area contributed by atoms with Crippen LogP contribution >= 0.6 is 0 Å². The van der Waals surface area contributed by atoms with Gasteiger partial charge < -0.3 is 4.90 Å². The summed E-state index contributed by atoms with van der Waals surface area (Å²) in [6.45, 7) is 2.70. The average molecular weight is 221 g/mol. The van der Waals surface area contributed by atoms with Gasteiger partial charge in [0.05, 0.1) is 12.4 Å². The third kappa shape index (κ3) is 4.93. The third-order valence-corrected chi connectivity index (χ3v) is 3.08. The molecule has 1 unspecified atom stereocenters. The van der Waals surface area contributed by atoms with Gasteiger partial charge >= 0.3 is 0 Å². The molecule has 0 aromatic heterocycles. The molecule has 0 heterocycles. The van der Waals surface area contributed by atoms with Crippen molar-refractivity contribution in [3.8, 4) is 0 Å². The van der Waals surface area contributed by atoms with E-state index in [1.54, 1.807) is 6.92 Å². The number of rotatable bonds is 6. The quantitative estimate of drug-likeness (QED) is 0.623. The predicted octanol–water partition coefficient (Wildman–Crippen LogP) is 0.835. The first-order valence-corrected chi connectivity index (χ1v) is 6.78. The van der Waals surface area contributed by atoms with Gasteiger partial charge in [0, 0.05) is 12.6 Å². The molecule has 0 radical (unpaired) electrons. The lowest BCUT2D eigenvalue weighted by molar-refractivity contribution is 0.193. The van der Waals surface area contributed by atoms with Gasteiger partial charge in [0.1, 0.15) is 0 Å². The largest absolute Gasteiger partial charge is 0.303 e. The first-order valence-electron chi connectivity index (χ1n) is 4.97. The first kappa shape index (κ1) is 11.9. The number of nitrogens with zero attached hydrogens (tertiary/aromatic N) is 1. The second kappa shape index (κ2) is 4.59. The van der Waals surface area contributed by atoms with E-state index in [0.29, 0.717) is 0 Å². The van der Waals surface area contributed by atoms with Gasteiger partial charge in [-0.05, 0) is 33.2 Å². The first-order chi connectivity index (χ1) is 6.38. The van der Waals surface area contributed by atoms with Gasteiger partial charge in [-0.3, -0.25) is 4.18 Å². The van der Waals surface area contributed by atoms with Gasteiger partial charge in [-0.25, -0.2) is 0 Å². The molecule has 84 valence electrons. The molecule has 1 aliphatic rings. The highest BCUT2D eigenvalue weighted by Gasteiger charge is 2.26. The van der Waals surface area contributed by atoms with E-state index >= 15 is 0 Å². The van der Waals surface area contributed by atoms with Crippen molar-refractivity contribution in [2.75, 3.05) is 19.8 Å². The third-order valence-electron chi connectivity index (χ3n) is 2.40. The lowest BCUT2D eigenvalue weighted by Gasteiger charge is -2.18. The molecule has 14 heavy (non-hydrogen) atoms. The summed E-state index contributed by atoms with van der Waals surface area (Å²) in [7, 11) is -1.22. The van der Waals surface area contributed by atoms with Gasteiger partial charge in [0.25, 0.3) is 10.1 Å². The van der Waals surface area contributed by atoms with Crippen molar-refractivity contribution in [2.45, 2.75) is 38.3 Å². The molecular weight excluding hydrogens is 202 g/mol. The van der Waals surface area contributed by atoms with Crippen LogP contribution in [0.25, 0.3) is 0 Å². The van der Waals surface area contributed by atoms with Crippen LogP contribution in [0.4, 0.5) is 0 Å². The predicted molar refractivity (Wildman–Crippen MR) is 55.7 cm³/mol. The Bertz CT molecular complexity index is 272. The molecule has 0 saturated heterocycles. The molecule has 0 bridgehead atoms. The summed E-state index contributed by atoms with van der Waals surface area (Å²) in [4.78, 5) is 2.27. The Balaban J connectivity index is 2.16. The lowest BCUT2D eigenvalue weighted by atomic mass is 10.3. The maximum atomic E-state index is 10.8. The molecule has 4 nitrogen and oxygen atoms in total. The van der Waals surface area contributed by atoms with Crippen molar-refractivity contribution < 1.29 is 12.6 Å². The Labute approximate surface area is 86.4 Å². The zero-order valence-corrected chi connectivity index (χ0v) is 9.88. The van der Waals surface area contributed by atoms with Crippen molar-refractivity contribution in [3.63, 3.8) is 0 Å². The second-order valence-electron chi connectivity index (χ2n) is 4.11. The van der Waals surface area contributed by atoms with Crippen molar-refractivity contribution >= 4 is 10.1 Å². The highest BCUT2D eigenvalue weighted by Crippen LogP contribution is 2.25.